The minimum absolute atomic E-state index is 0.0406. The van der Waals surface area contributed by atoms with E-state index in [0.717, 1.165) is 39.3 Å². The number of carbonyl (C=O) groups is 1. The summed E-state index contributed by atoms with van der Waals surface area (Å²) in [5.41, 5.74) is 2.11. The van der Waals surface area contributed by atoms with Gasteiger partial charge in [0.1, 0.15) is 5.75 Å². The Morgan fingerprint density at radius 1 is 1.07 bits per heavy atom. The maximum Gasteiger partial charge on any atom is 0.387 e. The topological polar surface area (TPSA) is 44.8 Å². The van der Waals surface area contributed by atoms with Gasteiger partial charge in [0.25, 0.3) is 5.91 Å². The van der Waals surface area contributed by atoms with Crippen molar-refractivity contribution in [2.45, 2.75) is 20.1 Å². The number of halogens is 2. The van der Waals surface area contributed by atoms with Crippen LogP contribution in [0.3, 0.4) is 0 Å². The van der Waals surface area contributed by atoms with Crippen molar-refractivity contribution >= 4 is 11.6 Å². The molecule has 1 heterocycles. The smallest absolute Gasteiger partial charge is 0.387 e. The predicted molar refractivity (Wildman–Crippen MR) is 105 cm³/mol. The van der Waals surface area contributed by atoms with E-state index < -0.39 is 6.61 Å². The van der Waals surface area contributed by atoms with E-state index in [0.29, 0.717) is 5.69 Å². The van der Waals surface area contributed by atoms with Gasteiger partial charge >= 0.3 is 6.61 Å². The van der Waals surface area contributed by atoms with Crippen LogP contribution in [0.5, 0.6) is 5.75 Å². The summed E-state index contributed by atoms with van der Waals surface area (Å²) in [7, 11) is 0. The number of hydrogen-bond donors (Lipinski definition) is 1. The standard InChI is InChI=1S/C21H25F2N3O2/c1-2-25-10-12-26(13-11-25)15-16-6-8-18(9-7-16)24-20(27)17-4-3-5-19(14-17)28-21(22)23/h3-9,14,21H,2,10-13,15H2,1H3,(H,24,27). The Labute approximate surface area is 163 Å². The van der Waals surface area contributed by atoms with Crippen molar-refractivity contribution in [1.29, 1.82) is 0 Å². The molecule has 5 nitrogen and oxygen atoms in total. The second-order valence-corrected chi connectivity index (χ2v) is 6.77. The Morgan fingerprint density at radius 2 is 1.75 bits per heavy atom. The molecule has 1 N–H and O–H groups in total. The van der Waals surface area contributed by atoms with Gasteiger partial charge < -0.3 is 15.0 Å². The Kier molecular flexibility index (Phi) is 6.95. The van der Waals surface area contributed by atoms with Crippen LogP contribution in [0.4, 0.5) is 14.5 Å². The van der Waals surface area contributed by atoms with Crippen LogP contribution in [0, 0.1) is 0 Å². The van der Waals surface area contributed by atoms with Gasteiger partial charge in [0, 0.05) is 44.0 Å². The number of rotatable bonds is 7. The fourth-order valence-electron chi connectivity index (χ4n) is 3.23. The van der Waals surface area contributed by atoms with Crippen molar-refractivity contribution in [1.82, 2.24) is 9.80 Å². The van der Waals surface area contributed by atoms with E-state index in [1.807, 2.05) is 24.3 Å². The number of ether oxygens (including phenoxy) is 1. The second kappa shape index (κ2) is 9.61. The molecule has 1 aliphatic rings. The molecule has 2 aromatic carbocycles. The minimum Gasteiger partial charge on any atom is -0.435 e. The van der Waals surface area contributed by atoms with Gasteiger partial charge in [0.2, 0.25) is 0 Å². The number of carbonyl (C=O) groups excluding carboxylic acids is 1. The van der Waals surface area contributed by atoms with Gasteiger partial charge in [-0.3, -0.25) is 9.69 Å². The third-order valence-corrected chi connectivity index (χ3v) is 4.85. The van der Waals surface area contributed by atoms with E-state index in [2.05, 4.69) is 26.8 Å². The van der Waals surface area contributed by atoms with Crippen LogP contribution < -0.4 is 10.1 Å². The van der Waals surface area contributed by atoms with Gasteiger partial charge in [-0.1, -0.05) is 25.1 Å². The molecule has 0 saturated carbocycles. The van der Waals surface area contributed by atoms with E-state index >= 15 is 0 Å². The number of amides is 1. The molecule has 1 amide bonds. The van der Waals surface area contributed by atoms with Gasteiger partial charge in [-0.15, -0.1) is 0 Å². The summed E-state index contributed by atoms with van der Waals surface area (Å²) in [6.45, 7) is 5.56. The molecular weight excluding hydrogens is 364 g/mol. The average molecular weight is 389 g/mol. The first-order chi connectivity index (χ1) is 13.5. The van der Waals surface area contributed by atoms with Gasteiger partial charge in [0.15, 0.2) is 0 Å². The van der Waals surface area contributed by atoms with Crippen LogP contribution in [0.15, 0.2) is 48.5 Å². The first-order valence-corrected chi connectivity index (χ1v) is 9.43. The van der Waals surface area contributed by atoms with Gasteiger partial charge in [-0.2, -0.15) is 8.78 Å². The summed E-state index contributed by atoms with van der Waals surface area (Å²) in [5, 5.41) is 2.78. The third-order valence-electron chi connectivity index (χ3n) is 4.85. The van der Waals surface area contributed by atoms with Crippen molar-refractivity contribution < 1.29 is 18.3 Å². The molecule has 3 rings (SSSR count). The van der Waals surface area contributed by atoms with E-state index in [-0.39, 0.29) is 17.2 Å². The molecule has 0 spiro atoms. The zero-order valence-electron chi connectivity index (χ0n) is 15.9. The lowest BCUT2D eigenvalue weighted by Gasteiger charge is -2.34. The van der Waals surface area contributed by atoms with Crippen LogP contribution in [0.1, 0.15) is 22.8 Å². The van der Waals surface area contributed by atoms with Crippen LogP contribution in [0.25, 0.3) is 0 Å². The van der Waals surface area contributed by atoms with Crippen LogP contribution in [0.2, 0.25) is 0 Å². The molecule has 150 valence electrons. The first-order valence-electron chi connectivity index (χ1n) is 9.43. The van der Waals surface area contributed by atoms with Crippen molar-refractivity contribution in [3.05, 3.63) is 59.7 Å². The maximum atomic E-state index is 12.3. The zero-order chi connectivity index (χ0) is 19.9. The fourth-order valence-corrected chi connectivity index (χ4v) is 3.23. The van der Waals surface area contributed by atoms with Gasteiger partial charge in [-0.05, 0) is 42.4 Å². The molecule has 7 heteroatoms. The molecule has 28 heavy (non-hydrogen) atoms. The zero-order valence-corrected chi connectivity index (χ0v) is 15.9. The maximum absolute atomic E-state index is 12.3. The van der Waals surface area contributed by atoms with Gasteiger partial charge in [-0.25, -0.2) is 0 Å². The molecule has 0 aliphatic carbocycles. The largest absolute Gasteiger partial charge is 0.435 e. The molecule has 1 aliphatic heterocycles. The number of nitrogens with one attached hydrogen (secondary N) is 1. The Balaban J connectivity index is 1.54. The molecule has 0 unspecified atom stereocenters. The lowest BCUT2D eigenvalue weighted by atomic mass is 10.1. The van der Waals surface area contributed by atoms with Crippen LogP contribution in [-0.4, -0.2) is 55.0 Å². The predicted octanol–water partition coefficient (Wildman–Crippen LogP) is 3.68. The highest BCUT2D eigenvalue weighted by atomic mass is 19.3. The molecule has 1 saturated heterocycles. The lowest BCUT2D eigenvalue weighted by Crippen LogP contribution is -2.45. The number of piperazine rings is 1. The molecule has 2 aromatic rings. The molecule has 0 atom stereocenters. The molecule has 1 fully saturated rings. The second-order valence-electron chi connectivity index (χ2n) is 6.77. The summed E-state index contributed by atoms with van der Waals surface area (Å²) in [4.78, 5) is 17.2. The number of alkyl halides is 2. The van der Waals surface area contributed by atoms with Crippen LogP contribution >= 0.6 is 0 Å². The number of nitrogens with zero attached hydrogens (tertiary/aromatic N) is 2. The van der Waals surface area contributed by atoms with Crippen molar-refractivity contribution in [2.24, 2.45) is 0 Å². The monoisotopic (exact) mass is 389 g/mol. The summed E-state index contributed by atoms with van der Waals surface area (Å²) < 4.78 is 29.0. The fraction of sp³-hybridized carbons (Fsp3) is 0.381. The van der Waals surface area contributed by atoms with Crippen molar-refractivity contribution in [3.63, 3.8) is 0 Å². The molecular formula is C21H25F2N3O2. The summed E-state index contributed by atoms with van der Waals surface area (Å²) in [6.07, 6.45) is 0. The Bertz CT molecular complexity index is 775. The average Bonchev–Trinajstić information content (AvgIpc) is 2.70. The highest BCUT2D eigenvalue weighted by molar-refractivity contribution is 6.04. The number of benzene rings is 2. The highest BCUT2D eigenvalue weighted by Gasteiger charge is 2.15. The van der Waals surface area contributed by atoms with E-state index in [1.54, 1.807) is 6.07 Å². The quantitative estimate of drug-likeness (QED) is 0.785. The SMILES string of the molecule is CCN1CCN(Cc2ccc(NC(=O)c3cccc(OC(F)F)c3)cc2)CC1. The third kappa shape index (κ3) is 5.74. The number of hydrogen-bond acceptors (Lipinski definition) is 4. The van der Waals surface area contributed by atoms with E-state index in [1.165, 1.54) is 23.8 Å². The normalized spacial score (nSPS) is 15.6. The Morgan fingerprint density at radius 3 is 2.39 bits per heavy atom. The van der Waals surface area contributed by atoms with E-state index in [4.69, 9.17) is 0 Å². The van der Waals surface area contributed by atoms with Gasteiger partial charge in [0.05, 0.1) is 0 Å². The molecule has 0 aromatic heterocycles. The summed E-state index contributed by atoms with van der Waals surface area (Å²) in [5.74, 6) is -0.413. The summed E-state index contributed by atoms with van der Waals surface area (Å²) in [6, 6.07) is 13.5. The van der Waals surface area contributed by atoms with Crippen LogP contribution in [-0.2, 0) is 6.54 Å². The lowest BCUT2D eigenvalue weighted by molar-refractivity contribution is -0.0498. The Hall–Kier alpha value is -2.51. The van der Waals surface area contributed by atoms with Crippen molar-refractivity contribution in [3.8, 4) is 5.75 Å². The molecule has 0 bridgehead atoms. The van der Waals surface area contributed by atoms with Crippen molar-refractivity contribution in [2.75, 3.05) is 38.0 Å². The highest BCUT2D eigenvalue weighted by Crippen LogP contribution is 2.18. The minimum atomic E-state index is -2.92. The summed E-state index contributed by atoms with van der Waals surface area (Å²) >= 11 is 0. The molecule has 0 radical (unpaired) electrons. The van der Waals surface area contributed by atoms with E-state index in [9.17, 15) is 13.6 Å². The number of likely N-dealkylation sites (N-methyl/N-ethyl adjacent to an activating group) is 1. The number of anilines is 1. The first kappa shape index (κ1) is 20.2.